The van der Waals surface area contributed by atoms with E-state index in [4.69, 9.17) is 4.42 Å². The lowest BCUT2D eigenvalue weighted by atomic mass is 10.2. The molecule has 5 heteroatoms. The molecule has 0 saturated heterocycles. The molecule has 2 nitrogen and oxygen atoms in total. The van der Waals surface area contributed by atoms with Crippen LogP contribution in [-0.4, -0.2) is 0 Å². The van der Waals surface area contributed by atoms with E-state index in [0.29, 0.717) is 0 Å². The predicted octanol–water partition coefficient (Wildman–Crippen LogP) is 2.52. The maximum Gasteiger partial charge on any atom is 0.231 e. The molecule has 78 valence electrons. The molecule has 0 saturated carbocycles. The lowest BCUT2D eigenvalue weighted by Crippen LogP contribution is -2.11. The van der Waals surface area contributed by atoms with Gasteiger partial charge >= 0.3 is 0 Å². The highest BCUT2D eigenvalue weighted by atomic mass is 19.2. The molecule has 0 N–H and O–H groups in total. The quantitative estimate of drug-likeness (QED) is 0.674. The van der Waals surface area contributed by atoms with Gasteiger partial charge in [-0.2, -0.15) is 4.39 Å². The molecule has 0 aliphatic rings. The van der Waals surface area contributed by atoms with Crippen LogP contribution >= 0.6 is 0 Å². The van der Waals surface area contributed by atoms with Crippen LogP contribution in [0.2, 0.25) is 0 Å². The van der Waals surface area contributed by atoms with Gasteiger partial charge in [-0.15, -0.1) is 0 Å². The average molecular weight is 214 g/mol. The Balaban J connectivity index is 3.08. The number of aryl methyl sites for hydroxylation is 1. The van der Waals surface area contributed by atoms with Crippen LogP contribution in [0.1, 0.15) is 5.76 Å². The van der Waals surface area contributed by atoms with Crippen LogP contribution in [0, 0.1) is 24.4 Å². The molecule has 1 aromatic heterocycles. The van der Waals surface area contributed by atoms with Crippen molar-refractivity contribution < 1.29 is 17.6 Å². The summed E-state index contributed by atoms with van der Waals surface area (Å²) in [4.78, 5) is 11.3. The second kappa shape index (κ2) is 3.12. The summed E-state index contributed by atoms with van der Waals surface area (Å²) in [6.07, 6.45) is 0. The third-order valence-corrected chi connectivity index (χ3v) is 2.06. The summed E-state index contributed by atoms with van der Waals surface area (Å²) in [5.74, 6) is -4.05. The van der Waals surface area contributed by atoms with Crippen molar-refractivity contribution >= 4 is 11.0 Å². The Hall–Kier alpha value is -1.78. The van der Waals surface area contributed by atoms with Crippen molar-refractivity contribution in [2.75, 3.05) is 0 Å². The van der Waals surface area contributed by atoms with E-state index in [-0.39, 0.29) is 11.3 Å². The molecule has 2 aromatic rings. The first-order valence-corrected chi connectivity index (χ1v) is 4.09. The Kier molecular flexibility index (Phi) is 2.03. The lowest BCUT2D eigenvalue weighted by Gasteiger charge is -2.01. The van der Waals surface area contributed by atoms with Gasteiger partial charge in [0.25, 0.3) is 0 Å². The van der Waals surface area contributed by atoms with Crippen molar-refractivity contribution in [3.63, 3.8) is 0 Å². The van der Waals surface area contributed by atoms with Crippen LogP contribution in [-0.2, 0) is 0 Å². The van der Waals surface area contributed by atoms with E-state index in [9.17, 15) is 18.0 Å². The van der Waals surface area contributed by atoms with E-state index >= 15 is 0 Å². The average Bonchev–Trinajstić information content (AvgIpc) is 2.20. The summed E-state index contributed by atoms with van der Waals surface area (Å²) in [7, 11) is 0. The van der Waals surface area contributed by atoms with Crippen LogP contribution in [0.4, 0.5) is 13.2 Å². The van der Waals surface area contributed by atoms with Gasteiger partial charge in [-0.1, -0.05) is 0 Å². The molecule has 0 spiro atoms. The molecule has 0 atom stereocenters. The molecule has 15 heavy (non-hydrogen) atoms. The highest BCUT2D eigenvalue weighted by molar-refractivity contribution is 5.77. The Morgan fingerprint density at radius 1 is 1.13 bits per heavy atom. The Labute approximate surface area is 81.9 Å². The number of rotatable bonds is 0. The fourth-order valence-electron chi connectivity index (χ4n) is 1.31. The Bertz CT molecular complexity index is 602. The molecule has 0 aliphatic carbocycles. The van der Waals surface area contributed by atoms with Crippen molar-refractivity contribution in [2.45, 2.75) is 6.92 Å². The van der Waals surface area contributed by atoms with Gasteiger partial charge in [0.1, 0.15) is 16.7 Å². The predicted molar refractivity (Wildman–Crippen MR) is 47.1 cm³/mol. The first kappa shape index (κ1) is 9.76. The van der Waals surface area contributed by atoms with E-state index in [1.165, 1.54) is 6.92 Å². The molecular formula is C10H5F3O2. The smallest absolute Gasteiger partial charge is 0.231 e. The first-order chi connectivity index (χ1) is 7.02. The fourth-order valence-corrected chi connectivity index (χ4v) is 1.31. The molecule has 0 unspecified atom stereocenters. The zero-order chi connectivity index (χ0) is 11.2. The van der Waals surface area contributed by atoms with Gasteiger partial charge in [0.05, 0.1) is 0 Å². The third kappa shape index (κ3) is 1.31. The van der Waals surface area contributed by atoms with Gasteiger partial charge in [-0.3, -0.25) is 4.79 Å². The molecule has 2 rings (SSSR count). The van der Waals surface area contributed by atoms with Gasteiger partial charge < -0.3 is 4.42 Å². The summed E-state index contributed by atoms with van der Waals surface area (Å²) in [5.41, 5.74) is -1.36. The van der Waals surface area contributed by atoms with Crippen LogP contribution in [0.25, 0.3) is 11.0 Å². The molecule has 0 bridgehead atoms. The maximum absolute atomic E-state index is 13.2. The Morgan fingerprint density at radius 3 is 2.47 bits per heavy atom. The van der Waals surface area contributed by atoms with Gasteiger partial charge in [0.2, 0.25) is 11.2 Å². The minimum absolute atomic E-state index is 0.169. The molecule has 0 aliphatic heterocycles. The minimum Gasteiger partial charge on any atom is -0.458 e. The van der Waals surface area contributed by atoms with Crippen LogP contribution in [0.15, 0.2) is 21.3 Å². The van der Waals surface area contributed by atoms with Crippen LogP contribution < -0.4 is 5.43 Å². The first-order valence-electron chi connectivity index (χ1n) is 4.09. The van der Waals surface area contributed by atoms with Crippen molar-refractivity contribution in [1.82, 2.24) is 0 Å². The SMILES string of the molecule is Cc1oc2ccc(F)c(F)c2c(=O)c1F. The molecule has 0 amide bonds. The molecule has 1 heterocycles. The summed E-state index contributed by atoms with van der Waals surface area (Å²) < 4.78 is 43.9. The normalized spacial score (nSPS) is 10.9. The number of halogens is 3. The van der Waals surface area contributed by atoms with E-state index in [2.05, 4.69) is 0 Å². The molecular weight excluding hydrogens is 209 g/mol. The van der Waals surface area contributed by atoms with Crippen LogP contribution in [0.3, 0.4) is 0 Å². The van der Waals surface area contributed by atoms with Gasteiger partial charge in [0.15, 0.2) is 11.6 Å². The molecule has 0 radical (unpaired) electrons. The standard InChI is InChI=1S/C10H5F3O2/c1-4-8(12)10(14)7-6(15-4)3-2-5(11)9(7)13/h2-3H,1H3. The third-order valence-electron chi connectivity index (χ3n) is 2.06. The van der Waals surface area contributed by atoms with Crippen molar-refractivity contribution in [3.8, 4) is 0 Å². The van der Waals surface area contributed by atoms with Crippen molar-refractivity contribution in [3.05, 3.63) is 45.6 Å². The van der Waals surface area contributed by atoms with Crippen molar-refractivity contribution in [2.24, 2.45) is 0 Å². The van der Waals surface area contributed by atoms with E-state index in [1.807, 2.05) is 0 Å². The topological polar surface area (TPSA) is 30.2 Å². The number of benzene rings is 1. The molecule has 1 aromatic carbocycles. The minimum atomic E-state index is -1.39. The van der Waals surface area contributed by atoms with E-state index in [1.54, 1.807) is 0 Å². The highest BCUT2D eigenvalue weighted by Crippen LogP contribution is 2.19. The summed E-state index contributed by atoms with van der Waals surface area (Å²) in [5, 5.41) is -0.696. The number of fused-ring (bicyclic) bond motifs is 1. The Morgan fingerprint density at radius 2 is 1.80 bits per heavy atom. The number of hydrogen-bond acceptors (Lipinski definition) is 2. The maximum atomic E-state index is 13.2. The summed E-state index contributed by atoms with van der Waals surface area (Å²) in [6, 6.07) is 1.90. The van der Waals surface area contributed by atoms with Crippen molar-refractivity contribution in [1.29, 1.82) is 0 Å². The summed E-state index contributed by atoms with van der Waals surface area (Å²) in [6.45, 7) is 1.23. The van der Waals surface area contributed by atoms with Crippen LogP contribution in [0.5, 0.6) is 0 Å². The molecule has 0 fully saturated rings. The zero-order valence-electron chi connectivity index (χ0n) is 7.61. The van der Waals surface area contributed by atoms with Gasteiger partial charge in [0, 0.05) is 0 Å². The largest absolute Gasteiger partial charge is 0.458 e. The number of hydrogen-bond donors (Lipinski definition) is 0. The van der Waals surface area contributed by atoms with E-state index < -0.39 is 28.3 Å². The second-order valence-corrected chi connectivity index (χ2v) is 3.04. The monoisotopic (exact) mass is 214 g/mol. The van der Waals surface area contributed by atoms with Gasteiger partial charge in [-0.25, -0.2) is 8.78 Å². The highest BCUT2D eigenvalue weighted by Gasteiger charge is 2.17. The van der Waals surface area contributed by atoms with Gasteiger partial charge in [-0.05, 0) is 19.1 Å². The van der Waals surface area contributed by atoms with E-state index in [0.717, 1.165) is 12.1 Å². The summed E-state index contributed by atoms with van der Waals surface area (Å²) >= 11 is 0. The lowest BCUT2D eigenvalue weighted by molar-refractivity contribution is 0.476. The fraction of sp³-hybridized carbons (Fsp3) is 0.100. The second-order valence-electron chi connectivity index (χ2n) is 3.04. The zero-order valence-corrected chi connectivity index (χ0v) is 7.61.